The third-order valence-electron chi connectivity index (χ3n) is 6.02. The van der Waals surface area contributed by atoms with E-state index < -0.39 is 0 Å². The zero-order valence-electron chi connectivity index (χ0n) is 14.1. The summed E-state index contributed by atoms with van der Waals surface area (Å²) in [4.78, 5) is 26.8. The van der Waals surface area contributed by atoms with Crippen LogP contribution in [0.25, 0.3) is 0 Å². The Morgan fingerprint density at radius 2 is 2.04 bits per heavy atom. The molecule has 5 unspecified atom stereocenters. The lowest BCUT2D eigenvalue weighted by Gasteiger charge is -2.19. The van der Waals surface area contributed by atoms with Crippen molar-refractivity contribution in [2.45, 2.75) is 32.2 Å². The maximum atomic E-state index is 12.8. The Bertz CT molecular complexity index is 674. The van der Waals surface area contributed by atoms with Gasteiger partial charge in [-0.25, -0.2) is 0 Å². The van der Waals surface area contributed by atoms with Crippen LogP contribution in [-0.2, 0) is 4.79 Å². The molecule has 0 spiro atoms. The van der Waals surface area contributed by atoms with Crippen LogP contribution >= 0.6 is 0 Å². The summed E-state index contributed by atoms with van der Waals surface area (Å²) in [5.41, 5.74) is 7.51. The summed E-state index contributed by atoms with van der Waals surface area (Å²) in [6.07, 6.45) is 3.17. The van der Waals surface area contributed by atoms with Crippen molar-refractivity contribution in [2.75, 3.05) is 18.4 Å². The normalized spacial score (nSPS) is 34.1. The highest BCUT2D eigenvalue weighted by molar-refractivity contribution is 5.98. The number of hydrogen-bond acceptors (Lipinski definition) is 3. The number of anilines is 1. The molecule has 5 heteroatoms. The number of amides is 2. The van der Waals surface area contributed by atoms with Crippen LogP contribution in [0.1, 0.15) is 36.5 Å². The monoisotopic (exact) mass is 327 g/mol. The van der Waals surface area contributed by atoms with Gasteiger partial charge in [0.2, 0.25) is 5.91 Å². The molecule has 0 aromatic heterocycles. The summed E-state index contributed by atoms with van der Waals surface area (Å²) in [5, 5.41) is 2.94. The van der Waals surface area contributed by atoms with Crippen molar-refractivity contribution in [2.24, 2.45) is 29.4 Å². The van der Waals surface area contributed by atoms with Crippen LogP contribution in [0.3, 0.4) is 0 Å². The Morgan fingerprint density at radius 1 is 1.25 bits per heavy atom. The average Bonchev–Trinajstić information content (AvgIpc) is 3.01. The largest absolute Gasteiger partial charge is 0.338 e. The standard InChI is InChI=1S/C19H25N3O2/c1-11-7-15(11)18(23)21-14-4-2-3-12(8-14)19(24)22-9-13-5-6-17(20)16(13)10-22/h2-4,8,11,13,15-17H,5-7,9-10,20H2,1H3,(H,21,23). The number of carbonyl (C=O) groups is 2. The van der Waals surface area contributed by atoms with Crippen LogP contribution in [0.15, 0.2) is 24.3 Å². The van der Waals surface area contributed by atoms with Gasteiger partial charge in [-0.05, 0) is 55.2 Å². The molecule has 1 aliphatic heterocycles. The molecule has 0 radical (unpaired) electrons. The number of fused-ring (bicyclic) bond motifs is 1. The zero-order valence-corrected chi connectivity index (χ0v) is 14.1. The molecule has 5 nitrogen and oxygen atoms in total. The van der Waals surface area contributed by atoms with Crippen LogP contribution in [0.5, 0.6) is 0 Å². The SMILES string of the molecule is CC1CC1C(=O)Nc1cccc(C(=O)N2CC3CCC(N)C3C2)c1. The number of likely N-dealkylation sites (tertiary alicyclic amines) is 1. The van der Waals surface area contributed by atoms with Crippen molar-refractivity contribution < 1.29 is 9.59 Å². The fourth-order valence-electron chi connectivity index (χ4n) is 4.31. The minimum atomic E-state index is 0.0486. The zero-order chi connectivity index (χ0) is 16.8. The van der Waals surface area contributed by atoms with E-state index in [0.29, 0.717) is 29.0 Å². The van der Waals surface area contributed by atoms with Gasteiger partial charge in [-0.2, -0.15) is 0 Å². The minimum absolute atomic E-state index is 0.0486. The molecule has 2 aliphatic carbocycles. The van der Waals surface area contributed by atoms with Gasteiger partial charge in [0.1, 0.15) is 0 Å². The van der Waals surface area contributed by atoms with Crippen molar-refractivity contribution in [3.63, 3.8) is 0 Å². The summed E-state index contributed by atoms with van der Waals surface area (Å²) in [6.45, 7) is 3.66. The van der Waals surface area contributed by atoms with Gasteiger partial charge in [0, 0.05) is 36.3 Å². The predicted molar refractivity (Wildman–Crippen MR) is 92.4 cm³/mol. The number of nitrogens with one attached hydrogen (secondary N) is 1. The molecular weight excluding hydrogens is 302 g/mol. The topological polar surface area (TPSA) is 75.4 Å². The molecule has 3 N–H and O–H groups in total. The Morgan fingerprint density at radius 3 is 2.75 bits per heavy atom. The van der Waals surface area contributed by atoms with Gasteiger partial charge in [0.05, 0.1) is 0 Å². The fourth-order valence-corrected chi connectivity index (χ4v) is 4.31. The molecule has 2 amide bonds. The maximum Gasteiger partial charge on any atom is 0.253 e. The first-order valence-electron chi connectivity index (χ1n) is 8.98. The van der Waals surface area contributed by atoms with E-state index in [0.717, 1.165) is 32.4 Å². The van der Waals surface area contributed by atoms with E-state index in [9.17, 15) is 9.59 Å². The summed E-state index contributed by atoms with van der Waals surface area (Å²) in [6, 6.07) is 7.53. The summed E-state index contributed by atoms with van der Waals surface area (Å²) in [7, 11) is 0. The quantitative estimate of drug-likeness (QED) is 0.892. The van der Waals surface area contributed by atoms with Crippen molar-refractivity contribution in [1.29, 1.82) is 0 Å². The highest BCUT2D eigenvalue weighted by Crippen LogP contribution is 2.39. The lowest BCUT2D eigenvalue weighted by atomic mass is 9.98. The number of nitrogens with two attached hydrogens (primary N) is 1. The highest BCUT2D eigenvalue weighted by Gasteiger charge is 2.42. The molecule has 0 bridgehead atoms. The first-order chi connectivity index (χ1) is 11.5. The van der Waals surface area contributed by atoms with Gasteiger partial charge >= 0.3 is 0 Å². The van der Waals surface area contributed by atoms with E-state index in [1.807, 2.05) is 23.1 Å². The highest BCUT2D eigenvalue weighted by atomic mass is 16.2. The molecule has 5 atom stereocenters. The summed E-state index contributed by atoms with van der Waals surface area (Å²) < 4.78 is 0. The van der Waals surface area contributed by atoms with Gasteiger partial charge in [0.25, 0.3) is 5.91 Å². The maximum absolute atomic E-state index is 12.8. The Kier molecular flexibility index (Phi) is 3.83. The molecule has 24 heavy (non-hydrogen) atoms. The second kappa shape index (κ2) is 5.88. The molecule has 128 valence electrons. The van der Waals surface area contributed by atoms with Gasteiger partial charge in [-0.1, -0.05) is 13.0 Å². The number of rotatable bonds is 3. The Labute approximate surface area is 142 Å². The molecule has 4 rings (SSSR count). The molecule has 1 aromatic carbocycles. The smallest absolute Gasteiger partial charge is 0.253 e. The van der Waals surface area contributed by atoms with Gasteiger partial charge in [-0.15, -0.1) is 0 Å². The number of benzene rings is 1. The van der Waals surface area contributed by atoms with Crippen LogP contribution in [0.2, 0.25) is 0 Å². The Hall–Kier alpha value is -1.88. The molecule has 3 fully saturated rings. The molecule has 1 aromatic rings. The molecule has 3 aliphatic rings. The molecule has 1 heterocycles. The van der Waals surface area contributed by atoms with Gasteiger partial charge in [0.15, 0.2) is 0 Å². The van der Waals surface area contributed by atoms with Gasteiger partial charge in [-0.3, -0.25) is 9.59 Å². The number of hydrogen-bond donors (Lipinski definition) is 2. The Balaban J connectivity index is 1.43. The van der Waals surface area contributed by atoms with Crippen molar-refractivity contribution >= 4 is 17.5 Å². The van der Waals surface area contributed by atoms with Crippen molar-refractivity contribution in [1.82, 2.24) is 4.90 Å². The van der Waals surface area contributed by atoms with E-state index in [-0.39, 0.29) is 23.8 Å². The fraction of sp³-hybridized carbons (Fsp3) is 0.579. The lowest BCUT2D eigenvalue weighted by molar-refractivity contribution is -0.117. The first-order valence-corrected chi connectivity index (χ1v) is 8.98. The molecular formula is C19H25N3O2. The van der Waals surface area contributed by atoms with E-state index in [2.05, 4.69) is 12.2 Å². The van der Waals surface area contributed by atoms with Gasteiger partial charge < -0.3 is 16.0 Å². The molecule has 1 saturated heterocycles. The third-order valence-corrected chi connectivity index (χ3v) is 6.02. The first kappa shape index (κ1) is 15.6. The second-order valence-corrected chi connectivity index (χ2v) is 7.76. The van der Waals surface area contributed by atoms with Crippen molar-refractivity contribution in [3.8, 4) is 0 Å². The average molecular weight is 327 g/mol. The van der Waals surface area contributed by atoms with E-state index >= 15 is 0 Å². The molecule has 2 saturated carbocycles. The lowest BCUT2D eigenvalue weighted by Crippen LogP contribution is -2.33. The second-order valence-electron chi connectivity index (χ2n) is 7.76. The number of carbonyl (C=O) groups excluding carboxylic acids is 2. The summed E-state index contributed by atoms with van der Waals surface area (Å²) in [5.74, 6) is 1.73. The van der Waals surface area contributed by atoms with Crippen LogP contribution in [-0.4, -0.2) is 35.8 Å². The van der Waals surface area contributed by atoms with E-state index in [4.69, 9.17) is 5.73 Å². The van der Waals surface area contributed by atoms with E-state index in [1.165, 1.54) is 0 Å². The van der Waals surface area contributed by atoms with Crippen molar-refractivity contribution in [3.05, 3.63) is 29.8 Å². The van der Waals surface area contributed by atoms with E-state index in [1.54, 1.807) is 6.07 Å². The van der Waals surface area contributed by atoms with Crippen LogP contribution in [0.4, 0.5) is 5.69 Å². The van der Waals surface area contributed by atoms with Crippen LogP contribution < -0.4 is 11.1 Å². The minimum Gasteiger partial charge on any atom is -0.338 e. The third kappa shape index (κ3) is 2.81. The summed E-state index contributed by atoms with van der Waals surface area (Å²) >= 11 is 0. The predicted octanol–water partition coefficient (Wildman–Crippen LogP) is 2.09. The number of nitrogens with zero attached hydrogens (tertiary/aromatic N) is 1. The van der Waals surface area contributed by atoms with Crippen LogP contribution in [0, 0.1) is 23.7 Å².